The lowest BCUT2D eigenvalue weighted by Crippen LogP contribution is -2.30. The first-order valence-corrected chi connectivity index (χ1v) is 6.75. The molecule has 0 aromatic heterocycles. The fraction of sp³-hybridized carbons (Fsp3) is 0.133. The summed E-state index contributed by atoms with van der Waals surface area (Å²) in [6.07, 6.45) is 0. The third-order valence-electron chi connectivity index (χ3n) is 2.68. The molecule has 98 valence electrons. The topological polar surface area (TPSA) is 15.3 Å². The normalized spacial score (nSPS) is 10.0. The minimum absolute atomic E-state index is 0.686. The molecule has 2 nitrogen and oxygen atoms in total. The van der Waals surface area contributed by atoms with E-state index in [4.69, 9.17) is 23.8 Å². The van der Waals surface area contributed by atoms with Crippen LogP contribution < -0.4 is 5.32 Å². The molecule has 1 N–H and O–H groups in total. The summed E-state index contributed by atoms with van der Waals surface area (Å²) in [7, 11) is 1.96. The van der Waals surface area contributed by atoms with Crippen molar-refractivity contribution in [2.45, 2.75) is 6.54 Å². The Bertz CT molecular complexity index is 557. The molecule has 2 aromatic carbocycles. The number of para-hydroxylation sites is 1. The van der Waals surface area contributed by atoms with Gasteiger partial charge in [0.2, 0.25) is 0 Å². The summed E-state index contributed by atoms with van der Waals surface area (Å²) >= 11 is 11.3. The Balaban J connectivity index is 1.96. The molecule has 4 heteroatoms. The summed E-state index contributed by atoms with van der Waals surface area (Å²) in [5.74, 6) is 0. The van der Waals surface area contributed by atoms with Crippen LogP contribution in [-0.4, -0.2) is 17.1 Å². The molecule has 0 amide bonds. The van der Waals surface area contributed by atoms with E-state index in [1.165, 1.54) is 0 Å². The maximum Gasteiger partial charge on any atom is 0.173 e. The first kappa shape index (κ1) is 13.8. The Morgan fingerprint density at radius 2 is 1.89 bits per heavy atom. The second-order valence-electron chi connectivity index (χ2n) is 4.28. The number of nitrogens with zero attached hydrogens (tertiary/aromatic N) is 1. The molecule has 0 heterocycles. The maximum absolute atomic E-state index is 5.97. The molecule has 0 saturated heterocycles. The van der Waals surface area contributed by atoms with E-state index >= 15 is 0 Å². The largest absolute Gasteiger partial charge is 0.348 e. The summed E-state index contributed by atoms with van der Waals surface area (Å²) < 4.78 is 0. The van der Waals surface area contributed by atoms with Gasteiger partial charge in [-0.1, -0.05) is 41.9 Å². The second kappa shape index (κ2) is 6.55. The molecular weight excluding hydrogens is 276 g/mol. The van der Waals surface area contributed by atoms with Crippen LogP contribution in [0.2, 0.25) is 5.02 Å². The predicted molar refractivity (Wildman–Crippen MR) is 85.6 cm³/mol. The summed E-state index contributed by atoms with van der Waals surface area (Å²) in [6.45, 7) is 0.721. The molecule has 19 heavy (non-hydrogen) atoms. The van der Waals surface area contributed by atoms with E-state index in [9.17, 15) is 0 Å². The first-order chi connectivity index (χ1) is 9.15. The molecule has 0 spiro atoms. The molecule has 0 atom stereocenters. The van der Waals surface area contributed by atoms with Gasteiger partial charge in [0.05, 0.1) is 0 Å². The SMILES string of the molecule is CN(Cc1cccc(Cl)c1)C(=S)Nc1ccccc1. The Morgan fingerprint density at radius 1 is 1.16 bits per heavy atom. The fourth-order valence-corrected chi connectivity index (χ4v) is 2.12. The highest BCUT2D eigenvalue weighted by Crippen LogP contribution is 2.13. The number of benzene rings is 2. The van der Waals surface area contributed by atoms with Crippen LogP contribution >= 0.6 is 23.8 Å². The van der Waals surface area contributed by atoms with Gasteiger partial charge >= 0.3 is 0 Å². The average molecular weight is 291 g/mol. The molecule has 0 fully saturated rings. The number of halogens is 1. The first-order valence-electron chi connectivity index (χ1n) is 5.97. The third-order valence-corrected chi connectivity index (χ3v) is 3.33. The molecule has 0 aliphatic heterocycles. The van der Waals surface area contributed by atoms with Crippen molar-refractivity contribution in [1.29, 1.82) is 0 Å². The number of anilines is 1. The minimum atomic E-state index is 0.686. The van der Waals surface area contributed by atoms with Crippen LogP contribution in [0.5, 0.6) is 0 Å². The summed E-state index contributed by atoms with van der Waals surface area (Å²) in [5.41, 5.74) is 2.12. The van der Waals surface area contributed by atoms with Crippen LogP contribution in [0, 0.1) is 0 Å². The van der Waals surface area contributed by atoms with E-state index in [0.717, 1.165) is 22.8 Å². The van der Waals surface area contributed by atoms with E-state index in [1.807, 2.05) is 66.5 Å². The van der Waals surface area contributed by atoms with Crippen LogP contribution in [0.15, 0.2) is 54.6 Å². The standard InChI is InChI=1S/C15H15ClN2S/c1-18(11-12-6-5-7-13(16)10-12)15(19)17-14-8-3-2-4-9-14/h2-10H,11H2,1H3,(H,17,19). The Hall–Kier alpha value is -1.58. The zero-order valence-electron chi connectivity index (χ0n) is 10.6. The van der Waals surface area contributed by atoms with Crippen molar-refractivity contribution < 1.29 is 0 Å². The fourth-order valence-electron chi connectivity index (χ4n) is 1.72. The summed E-state index contributed by atoms with van der Waals surface area (Å²) in [5, 5.41) is 4.63. The molecule has 2 rings (SSSR count). The number of hydrogen-bond acceptors (Lipinski definition) is 1. The average Bonchev–Trinajstić information content (AvgIpc) is 2.40. The highest BCUT2D eigenvalue weighted by Gasteiger charge is 2.05. The van der Waals surface area contributed by atoms with Crippen molar-refractivity contribution in [3.8, 4) is 0 Å². The third kappa shape index (κ3) is 4.23. The van der Waals surface area contributed by atoms with E-state index in [1.54, 1.807) is 0 Å². The van der Waals surface area contributed by atoms with Crippen LogP contribution in [0.4, 0.5) is 5.69 Å². The maximum atomic E-state index is 5.97. The number of nitrogens with one attached hydrogen (secondary N) is 1. The van der Waals surface area contributed by atoms with Gasteiger partial charge in [-0.2, -0.15) is 0 Å². The van der Waals surface area contributed by atoms with Gasteiger partial charge in [0.15, 0.2) is 5.11 Å². The Kier molecular flexibility index (Phi) is 4.77. The lowest BCUT2D eigenvalue weighted by molar-refractivity contribution is 0.508. The van der Waals surface area contributed by atoms with Gasteiger partial charge in [-0.3, -0.25) is 0 Å². The lowest BCUT2D eigenvalue weighted by atomic mass is 10.2. The zero-order chi connectivity index (χ0) is 13.7. The number of rotatable bonds is 3. The van der Waals surface area contributed by atoms with E-state index in [-0.39, 0.29) is 0 Å². The highest BCUT2D eigenvalue weighted by atomic mass is 35.5. The van der Waals surface area contributed by atoms with Crippen molar-refractivity contribution in [3.63, 3.8) is 0 Å². The van der Waals surface area contributed by atoms with E-state index in [2.05, 4.69) is 5.32 Å². The van der Waals surface area contributed by atoms with E-state index in [0.29, 0.717) is 5.11 Å². The Morgan fingerprint density at radius 3 is 2.58 bits per heavy atom. The van der Waals surface area contributed by atoms with Crippen molar-refractivity contribution in [2.24, 2.45) is 0 Å². The minimum Gasteiger partial charge on any atom is -0.348 e. The predicted octanol–water partition coefficient (Wildman–Crippen LogP) is 4.17. The molecule has 0 unspecified atom stereocenters. The van der Waals surface area contributed by atoms with E-state index < -0.39 is 0 Å². The molecular formula is C15H15ClN2S. The van der Waals surface area contributed by atoms with Gasteiger partial charge in [-0.05, 0) is 42.0 Å². The van der Waals surface area contributed by atoms with Gasteiger partial charge in [0.1, 0.15) is 0 Å². The molecule has 0 aliphatic rings. The van der Waals surface area contributed by atoms with Crippen molar-refractivity contribution in [1.82, 2.24) is 4.90 Å². The van der Waals surface area contributed by atoms with Crippen LogP contribution in [0.1, 0.15) is 5.56 Å². The summed E-state index contributed by atoms with van der Waals surface area (Å²) in [6, 6.07) is 17.7. The monoisotopic (exact) mass is 290 g/mol. The smallest absolute Gasteiger partial charge is 0.173 e. The second-order valence-corrected chi connectivity index (χ2v) is 5.11. The van der Waals surface area contributed by atoms with Crippen molar-refractivity contribution in [2.75, 3.05) is 12.4 Å². The highest BCUT2D eigenvalue weighted by molar-refractivity contribution is 7.80. The van der Waals surface area contributed by atoms with Crippen molar-refractivity contribution in [3.05, 3.63) is 65.2 Å². The molecule has 0 bridgehead atoms. The quantitative estimate of drug-likeness (QED) is 0.854. The Labute approximate surface area is 124 Å². The van der Waals surface area contributed by atoms with Gasteiger partial charge in [-0.25, -0.2) is 0 Å². The number of thiocarbonyl (C=S) groups is 1. The summed E-state index contributed by atoms with van der Waals surface area (Å²) in [4.78, 5) is 1.98. The van der Waals surface area contributed by atoms with Gasteiger partial charge in [-0.15, -0.1) is 0 Å². The van der Waals surface area contributed by atoms with Gasteiger partial charge < -0.3 is 10.2 Å². The van der Waals surface area contributed by atoms with Crippen LogP contribution in [0.25, 0.3) is 0 Å². The van der Waals surface area contributed by atoms with Gasteiger partial charge in [0, 0.05) is 24.3 Å². The van der Waals surface area contributed by atoms with Gasteiger partial charge in [0.25, 0.3) is 0 Å². The molecule has 0 radical (unpaired) electrons. The molecule has 0 saturated carbocycles. The van der Waals surface area contributed by atoms with Crippen LogP contribution in [-0.2, 0) is 6.54 Å². The number of hydrogen-bond donors (Lipinski definition) is 1. The lowest BCUT2D eigenvalue weighted by Gasteiger charge is -2.21. The zero-order valence-corrected chi connectivity index (χ0v) is 12.2. The van der Waals surface area contributed by atoms with Crippen LogP contribution in [0.3, 0.4) is 0 Å². The molecule has 0 aliphatic carbocycles. The van der Waals surface area contributed by atoms with Crippen molar-refractivity contribution >= 4 is 34.6 Å². The molecule has 2 aromatic rings.